The van der Waals surface area contributed by atoms with Crippen molar-refractivity contribution in [1.82, 2.24) is 10.3 Å². The fourth-order valence-electron chi connectivity index (χ4n) is 1.91. The third-order valence-electron chi connectivity index (χ3n) is 3.06. The van der Waals surface area contributed by atoms with E-state index in [0.29, 0.717) is 12.4 Å². The first-order valence-corrected chi connectivity index (χ1v) is 6.00. The van der Waals surface area contributed by atoms with Crippen LogP contribution in [0.25, 0.3) is 11.1 Å². The van der Waals surface area contributed by atoms with Crippen molar-refractivity contribution < 1.29 is 9.21 Å². The largest absolute Gasteiger partial charge is 0.441 e. The number of fused-ring (bicyclic) bond motifs is 1. The lowest BCUT2D eigenvalue weighted by Crippen LogP contribution is -2.35. The molecule has 0 spiro atoms. The van der Waals surface area contributed by atoms with Crippen molar-refractivity contribution in [3.05, 3.63) is 29.7 Å². The van der Waals surface area contributed by atoms with E-state index in [2.05, 4.69) is 24.1 Å². The van der Waals surface area contributed by atoms with E-state index >= 15 is 0 Å². The van der Waals surface area contributed by atoms with Crippen molar-refractivity contribution in [3.8, 4) is 0 Å². The second-order valence-electron chi connectivity index (χ2n) is 5.21. The lowest BCUT2D eigenvalue weighted by Gasteiger charge is -2.25. The van der Waals surface area contributed by atoms with Crippen LogP contribution in [0.5, 0.6) is 0 Å². The van der Waals surface area contributed by atoms with Crippen LogP contribution in [0.2, 0.25) is 0 Å². The van der Waals surface area contributed by atoms with E-state index in [1.807, 2.05) is 25.1 Å². The first kappa shape index (κ1) is 12.6. The zero-order valence-corrected chi connectivity index (χ0v) is 11.2. The van der Waals surface area contributed by atoms with Crippen molar-refractivity contribution in [2.45, 2.75) is 33.1 Å². The predicted octanol–water partition coefficient (Wildman–Crippen LogP) is 2.55. The number of nitrogens with one attached hydrogen (secondary N) is 1. The van der Waals surface area contributed by atoms with Gasteiger partial charge in [-0.05, 0) is 17.7 Å². The summed E-state index contributed by atoms with van der Waals surface area (Å²) in [5.41, 5.74) is 2.66. The van der Waals surface area contributed by atoms with Gasteiger partial charge in [-0.15, -0.1) is 0 Å². The molecule has 18 heavy (non-hydrogen) atoms. The molecule has 2 rings (SSSR count). The number of rotatable bonds is 3. The molecule has 1 heterocycles. The van der Waals surface area contributed by atoms with Crippen LogP contribution in [0.3, 0.4) is 0 Å². The summed E-state index contributed by atoms with van der Waals surface area (Å²) in [6.45, 7) is 8.15. The van der Waals surface area contributed by atoms with Crippen LogP contribution in [0.15, 0.2) is 22.6 Å². The van der Waals surface area contributed by atoms with Gasteiger partial charge >= 0.3 is 0 Å². The van der Waals surface area contributed by atoms with Crippen LogP contribution in [-0.4, -0.2) is 17.4 Å². The van der Waals surface area contributed by atoms with Gasteiger partial charge in [-0.3, -0.25) is 4.79 Å². The van der Waals surface area contributed by atoms with Gasteiger partial charge in [0.05, 0.1) is 0 Å². The highest BCUT2D eigenvalue weighted by Crippen LogP contribution is 2.26. The van der Waals surface area contributed by atoms with Gasteiger partial charge in [-0.2, -0.15) is 0 Å². The number of oxazole rings is 1. The molecule has 0 aliphatic carbocycles. The van der Waals surface area contributed by atoms with Gasteiger partial charge in [-0.25, -0.2) is 4.98 Å². The number of aryl methyl sites for hydroxylation is 1. The van der Waals surface area contributed by atoms with Gasteiger partial charge in [0.2, 0.25) is 5.91 Å². The van der Waals surface area contributed by atoms with Gasteiger partial charge in [0.25, 0.3) is 0 Å². The molecule has 0 saturated carbocycles. The highest BCUT2D eigenvalue weighted by molar-refractivity contribution is 5.74. The molecule has 0 fully saturated rings. The molecule has 0 aliphatic rings. The average molecular weight is 246 g/mol. The van der Waals surface area contributed by atoms with Crippen molar-refractivity contribution in [2.24, 2.45) is 0 Å². The zero-order valence-electron chi connectivity index (χ0n) is 11.2. The molecule has 0 unspecified atom stereocenters. The highest BCUT2D eigenvalue weighted by atomic mass is 16.3. The van der Waals surface area contributed by atoms with Crippen LogP contribution in [-0.2, 0) is 10.2 Å². The Bertz CT molecular complexity index is 584. The lowest BCUT2D eigenvalue weighted by atomic mass is 9.84. The maximum Gasteiger partial charge on any atom is 0.216 e. The number of nitrogens with zero attached hydrogens (tertiary/aromatic N) is 1. The highest BCUT2D eigenvalue weighted by Gasteiger charge is 2.21. The van der Waals surface area contributed by atoms with Crippen LogP contribution in [0.1, 0.15) is 32.2 Å². The Morgan fingerprint density at radius 3 is 2.83 bits per heavy atom. The number of hydrogen-bond acceptors (Lipinski definition) is 3. The second kappa shape index (κ2) is 4.44. The smallest absolute Gasteiger partial charge is 0.216 e. The van der Waals surface area contributed by atoms with Crippen LogP contribution in [0, 0.1) is 6.92 Å². The van der Waals surface area contributed by atoms with Crippen LogP contribution in [0.4, 0.5) is 0 Å². The molecule has 0 atom stereocenters. The maximum absolute atomic E-state index is 11.0. The Kier molecular flexibility index (Phi) is 3.11. The van der Waals surface area contributed by atoms with Crippen molar-refractivity contribution >= 4 is 17.0 Å². The fourth-order valence-corrected chi connectivity index (χ4v) is 1.91. The summed E-state index contributed by atoms with van der Waals surface area (Å²) in [7, 11) is 0. The van der Waals surface area contributed by atoms with Crippen LogP contribution >= 0.6 is 0 Å². The summed E-state index contributed by atoms with van der Waals surface area (Å²) in [4.78, 5) is 15.3. The Labute approximate surface area is 106 Å². The van der Waals surface area contributed by atoms with Gasteiger partial charge in [0.15, 0.2) is 11.5 Å². The van der Waals surface area contributed by atoms with E-state index in [0.717, 1.165) is 16.7 Å². The first-order valence-electron chi connectivity index (χ1n) is 6.00. The van der Waals surface area contributed by atoms with E-state index in [1.54, 1.807) is 0 Å². The summed E-state index contributed by atoms with van der Waals surface area (Å²) < 4.78 is 5.45. The Morgan fingerprint density at radius 1 is 1.44 bits per heavy atom. The molecule has 1 aromatic heterocycles. The molecule has 4 nitrogen and oxygen atoms in total. The summed E-state index contributed by atoms with van der Waals surface area (Å²) in [5.74, 6) is 0.656. The molecule has 1 aromatic carbocycles. The number of benzene rings is 1. The fraction of sp³-hybridized carbons (Fsp3) is 0.429. The minimum Gasteiger partial charge on any atom is -0.441 e. The van der Waals surface area contributed by atoms with Gasteiger partial charge < -0.3 is 9.73 Å². The standard InChI is InChI=1S/C14H18N2O2/c1-9(17)15-8-14(3,4)11-5-6-13-12(7-11)16-10(2)18-13/h5-7H,8H2,1-4H3,(H,15,17). The average Bonchev–Trinajstić information content (AvgIpc) is 2.65. The SMILES string of the molecule is CC(=O)NCC(C)(C)c1ccc2oc(C)nc2c1. The summed E-state index contributed by atoms with van der Waals surface area (Å²) in [6, 6.07) is 5.97. The van der Waals surface area contributed by atoms with Crippen LogP contribution < -0.4 is 5.32 Å². The third kappa shape index (κ3) is 2.53. The summed E-state index contributed by atoms with van der Waals surface area (Å²) in [6.07, 6.45) is 0. The third-order valence-corrected chi connectivity index (χ3v) is 3.06. The van der Waals surface area contributed by atoms with E-state index in [9.17, 15) is 4.79 Å². The Hall–Kier alpha value is -1.84. The molecule has 0 bridgehead atoms. The lowest BCUT2D eigenvalue weighted by molar-refractivity contribution is -0.119. The zero-order chi connectivity index (χ0) is 13.3. The molecular weight excluding hydrogens is 228 g/mol. The predicted molar refractivity (Wildman–Crippen MR) is 70.5 cm³/mol. The molecule has 1 N–H and O–H groups in total. The molecule has 96 valence electrons. The summed E-state index contributed by atoms with van der Waals surface area (Å²) >= 11 is 0. The minimum atomic E-state index is -0.132. The number of carbonyl (C=O) groups excluding carboxylic acids is 1. The molecule has 4 heteroatoms. The second-order valence-corrected chi connectivity index (χ2v) is 5.21. The first-order chi connectivity index (χ1) is 8.38. The Morgan fingerprint density at radius 2 is 2.17 bits per heavy atom. The molecule has 1 amide bonds. The van der Waals surface area contributed by atoms with Crippen molar-refractivity contribution in [3.63, 3.8) is 0 Å². The van der Waals surface area contributed by atoms with E-state index in [4.69, 9.17) is 4.42 Å². The quantitative estimate of drug-likeness (QED) is 0.905. The van der Waals surface area contributed by atoms with Gasteiger partial charge in [-0.1, -0.05) is 19.9 Å². The normalized spacial score (nSPS) is 11.8. The van der Waals surface area contributed by atoms with E-state index in [-0.39, 0.29) is 11.3 Å². The molecular formula is C14H18N2O2. The number of amides is 1. The van der Waals surface area contributed by atoms with Gasteiger partial charge in [0.1, 0.15) is 5.52 Å². The monoisotopic (exact) mass is 246 g/mol. The summed E-state index contributed by atoms with van der Waals surface area (Å²) in [5, 5.41) is 2.85. The van der Waals surface area contributed by atoms with Gasteiger partial charge in [0, 0.05) is 25.8 Å². The Balaban J connectivity index is 2.31. The maximum atomic E-state index is 11.0. The molecule has 0 saturated heterocycles. The molecule has 0 aliphatic heterocycles. The van der Waals surface area contributed by atoms with Crippen molar-refractivity contribution in [2.75, 3.05) is 6.54 Å². The van der Waals surface area contributed by atoms with E-state index < -0.39 is 0 Å². The topological polar surface area (TPSA) is 55.1 Å². The molecule has 2 aromatic rings. The number of aromatic nitrogens is 1. The molecule has 0 radical (unpaired) electrons. The van der Waals surface area contributed by atoms with E-state index in [1.165, 1.54) is 6.92 Å². The number of carbonyl (C=O) groups is 1. The van der Waals surface area contributed by atoms with Crippen molar-refractivity contribution in [1.29, 1.82) is 0 Å². The minimum absolute atomic E-state index is 0.0126. The number of hydrogen-bond donors (Lipinski definition) is 1.